The summed E-state index contributed by atoms with van der Waals surface area (Å²) in [4.78, 5) is 22.3. The first-order valence-electron chi connectivity index (χ1n) is 11.7. The molecule has 0 saturated carbocycles. The highest BCUT2D eigenvalue weighted by Gasteiger charge is 2.28. The van der Waals surface area contributed by atoms with Crippen LogP contribution in [0.3, 0.4) is 0 Å². The van der Waals surface area contributed by atoms with E-state index in [2.05, 4.69) is 15.6 Å². The van der Waals surface area contributed by atoms with Gasteiger partial charge in [0.25, 0.3) is 0 Å². The van der Waals surface area contributed by atoms with Crippen LogP contribution in [0.1, 0.15) is 21.2 Å². The molecule has 0 saturated heterocycles. The van der Waals surface area contributed by atoms with Crippen molar-refractivity contribution in [2.75, 3.05) is 7.11 Å². The second kappa shape index (κ2) is 9.40. The summed E-state index contributed by atoms with van der Waals surface area (Å²) in [6.07, 6.45) is 1.82. The molecule has 0 aliphatic rings. The Bertz CT molecular complexity index is 1670. The molecule has 1 atom stereocenters. The van der Waals surface area contributed by atoms with Gasteiger partial charge >= 0.3 is 0 Å². The van der Waals surface area contributed by atoms with Crippen LogP contribution >= 0.6 is 11.8 Å². The van der Waals surface area contributed by atoms with Gasteiger partial charge in [0.1, 0.15) is 11.0 Å². The van der Waals surface area contributed by atoms with Gasteiger partial charge in [-0.15, -0.1) is 0 Å². The van der Waals surface area contributed by atoms with Crippen LogP contribution in [-0.2, 0) is 0 Å². The molecular formula is C30H23N3O2S. The number of hydrogen-bond donors (Lipinski definition) is 1. The van der Waals surface area contributed by atoms with Crippen LogP contribution in [0.4, 0.5) is 0 Å². The molecule has 176 valence electrons. The third kappa shape index (κ3) is 3.95. The van der Waals surface area contributed by atoms with Gasteiger partial charge in [-0.05, 0) is 48.0 Å². The lowest BCUT2D eigenvalue weighted by atomic mass is 10.0. The number of ether oxygens (including phenoxy) is 1. The Hall–Kier alpha value is -4.29. The summed E-state index contributed by atoms with van der Waals surface area (Å²) in [5.74, 6) is 0.825. The highest BCUT2D eigenvalue weighted by atomic mass is 32.2. The van der Waals surface area contributed by atoms with E-state index in [1.54, 1.807) is 7.11 Å². The highest BCUT2D eigenvalue weighted by Crippen LogP contribution is 2.41. The van der Waals surface area contributed by atoms with E-state index in [9.17, 15) is 4.79 Å². The summed E-state index contributed by atoms with van der Waals surface area (Å²) in [6.45, 7) is 0. The molecule has 6 heteroatoms. The Balaban J connectivity index is 1.49. The predicted molar refractivity (Wildman–Crippen MR) is 145 cm³/mol. The summed E-state index contributed by atoms with van der Waals surface area (Å²) in [5, 5.41) is 1.20. The molecular weight excluding hydrogens is 466 g/mol. The number of aromatic nitrogens is 3. The smallest absolute Gasteiger partial charge is 0.182 e. The van der Waals surface area contributed by atoms with Crippen LogP contribution in [0.15, 0.2) is 114 Å². The van der Waals surface area contributed by atoms with Gasteiger partial charge < -0.3 is 9.72 Å². The van der Waals surface area contributed by atoms with Crippen molar-refractivity contribution in [2.45, 2.75) is 10.4 Å². The van der Waals surface area contributed by atoms with Gasteiger partial charge in [0.15, 0.2) is 10.9 Å². The lowest BCUT2D eigenvalue weighted by molar-refractivity contribution is 0.0991. The van der Waals surface area contributed by atoms with Crippen molar-refractivity contribution in [1.29, 1.82) is 0 Å². The largest absolute Gasteiger partial charge is 0.497 e. The number of methoxy groups -OCH3 is 1. The molecule has 0 amide bonds. The average Bonchev–Trinajstić information content (AvgIpc) is 3.53. The number of aromatic amines is 1. The number of thioether (sulfide) groups is 1. The molecule has 2 heterocycles. The van der Waals surface area contributed by atoms with Gasteiger partial charge in [-0.25, -0.2) is 4.98 Å². The molecule has 2 aromatic heterocycles. The van der Waals surface area contributed by atoms with Gasteiger partial charge in [0, 0.05) is 28.4 Å². The third-order valence-electron chi connectivity index (χ3n) is 6.28. The number of para-hydroxylation sites is 3. The maximum Gasteiger partial charge on any atom is 0.182 e. The molecule has 1 unspecified atom stereocenters. The second-order valence-corrected chi connectivity index (χ2v) is 9.51. The quantitative estimate of drug-likeness (QED) is 0.190. The van der Waals surface area contributed by atoms with E-state index < -0.39 is 5.25 Å². The predicted octanol–water partition coefficient (Wildman–Crippen LogP) is 7.23. The van der Waals surface area contributed by atoms with E-state index in [1.165, 1.54) is 11.8 Å². The molecule has 0 bridgehead atoms. The van der Waals surface area contributed by atoms with Crippen molar-refractivity contribution in [2.24, 2.45) is 0 Å². The van der Waals surface area contributed by atoms with Crippen molar-refractivity contribution in [3.8, 4) is 11.4 Å². The van der Waals surface area contributed by atoms with Crippen molar-refractivity contribution in [3.63, 3.8) is 0 Å². The van der Waals surface area contributed by atoms with Gasteiger partial charge in [-0.1, -0.05) is 72.4 Å². The molecule has 0 aliphatic carbocycles. The van der Waals surface area contributed by atoms with E-state index in [1.807, 2.05) is 103 Å². The minimum atomic E-state index is -0.473. The minimum absolute atomic E-state index is 0.0389. The zero-order chi connectivity index (χ0) is 24.5. The summed E-state index contributed by atoms with van der Waals surface area (Å²) in [7, 11) is 1.66. The third-order valence-corrected chi connectivity index (χ3v) is 7.49. The standard InChI is InChI=1S/C30H23N3O2S/c1-35-22-17-15-21(16-18-22)33-27-14-8-7-13-26(27)32-30(33)36-29(20-9-3-2-4-10-20)28(34)24-19-31-25-12-6-5-11-23(24)25/h2-19,29,31H,1H3. The van der Waals surface area contributed by atoms with E-state index in [4.69, 9.17) is 9.72 Å². The van der Waals surface area contributed by atoms with E-state index in [0.29, 0.717) is 5.56 Å². The van der Waals surface area contributed by atoms with Crippen molar-refractivity contribution in [1.82, 2.24) is 14.5 Å². The number of hydrogen-bond acceptors (Lipinski definition) is 4. The van der Waals surface area contributed by atoms with Crippen LogP contribution in [0.2, 0.25) is 0 Å². The van der Waals surface area contributed by atoms with Gasteiger partial charge in [-0.3, -0.25) is 9.36 Å². The van der Waals surface area contributed by atoms with Crippen molar-refractivity contribution >= 4 is 39.5 Å². The fourth-order valence-corrected chi connectivity index (χ4v) is 5.68. The number of Topliss-reactive ketones (excluding diaryl/α,β-unsaturated/α-hetero) is 1. The lowest BCUT2D eigenvalue weighted by Crippen LogP contribution is -2.11. The number of ketones is 1. The summed E-state index contributed by atoms with van der Waals surface area (Å²) in [6, 6.07) is 33.7. The lowest BCUT2D eigenvalue weighted by Gasteiger charge is -2.17. The first kappa shape index (κ1) is 22.2. The Morgan fingerprint density at radius 1 is 0.889 bits per heavy atom. The molecule has 1 N–H and O–H groups in total. The van der Waals surface area contributed by atoms with Gasteiger partial charge in [0.05, 0.1) is 18.1 Å². The maximum atomic E-state index is 14.1. The molecule has 5 nitrogen and oxygen atoms in total. The van der Waals surface area contributed by atoms with Crippen LogP contribution in [-0.4, -0.2) is 27.4 Å². The topological polar surface area (TPSA) is 59.9 Å². The SMILES string of the molecule is COc1ccc(-n2c(SC(C(=O)c3c[nH]c4ccccc34)c3ccccc3)nc3ccccc32)cc1. The summed E-state index contributed by atoms with van der Waals surface area (Å²) < 4.78 is 7.47. The Labute approximate surface area is 212 Å². The number of carbonyl (C=O) groups is 1. The zero-order valence-corrected chi connectivity index (χ0v) is 20.4. The Morgan fingerprint density at radius 3 is 2.42 bits per heavy atom. The molecule has 0 aliphatic heterocycles. The molecule has 6 aromatic rings. The highest BCUT2D eigenvalue weighted by molar-refractivity contribution is 8.00. The maximum absolute atomic E-state index is 14.1. The fraction of sp³-hybridized carbons (Fsp3) is 0.0667. The Kier molecular flexibility index (Phi) is 5.79. The molecule has 36 heavy (non-hydrogen) atoms. The second-order valence-electron chi connectivity index (χ2n) is 8.44. The molecule has 4 aromatic carbocycles. The van der Waals surface area contributed by atoms with E-state index in [0.717, 1.165) is 44.1 Å². The number of carbonyl (C=O) groups excluding carboxylic acids is 1. The first-order chi connectivity index (χ1) is 17.7. The van der Waals surface area contributed by atoms with Crippen molar-refractivity contribution < 1.29 is 9.53 Å². The molecule has 0 spiro atoms. The van der Waals surface area contributed by atoms with Gasteiger partial charge in [0.2, 0.25) is 0 Å². The minimum Gasteiger partial charge on any atom is -0.497 e. The number of imidazole rings is 1. The number of fused-ring (bicyclic) bond motifs is 2. The van der Waals surface area contributed by atoms with Crippen LogP contribution in [0, 0.1) is 0 Å². The average molecular weight is 490 g/mol. The molecule has 6 rings (SSSR count). The normalized spacial score (nSPS) is 12.1. The van der Waals surface area contributed by atoms with E-state index in [-0.39, 0.29) is 5.78 Å². The number of benzene rings is 4. The number of H-pyrrole nitrogens is 1. The number of nitrogens with zero attached hydrogens (tertiary/aromatic N) is 2. The van der Waals surface area contributed by atoms with Crippen LogP contribution in [0.5, 0.6) is 5.75 Å². The van der Waals surface area contributed by atoms with Crippen LogP contribution in [0.25, 0.3) is 27.6 Å². The fourth-order valence-electron chi connectivity index (χ4n) is 4.49. The monoisotopic (exact) mass is 489 g/mol. The summed E-state index contributed by atoms with van der Waals surface area (Å²) >= 11 is 1.47. The van der Waals surface area contributed by atoms with Crippen LogP contribution < -0.4 is 4.74 Å². The van der Waals surface area contributed by atoms with Gasteiger partial charge in [-0.2, -0.15) is 0 Å². The number of nitrogens with one attached hydrogen (secondary N) is 1. The van der Waals surface area contributed by atoms with E-state index >= 15 is 0 Å². The van der Waals surface area contributed by atoms with Crippen molar-refractivity contribution in [3.05, 3.63) is 120 Å². The summed E-state index contributed by atoms with van der Waals surface area (Å²) in [5.41, 5.74) is 5.38. The Morgan fingerprint density at radius 2 is 1.61 bits per heavy atom. The molecule has 0 fully saturated rings. The first-order valence-corrected chi connectivity index (χ1v) is 12.5. The number of rotatable bonds is 7. The molecule has 0 radical (unpaired) electrons. The zero-order valence-electron chi connectivity index (χ0n) is 19.6.